The summed E-state index contributed by atoms with van der Waals surface area (Å²) in [5, 5.41) is 4.37. The highest BCUT2D eigenvalue weighted by Crippen LogP contribution is 2.29. The van der Waals surface area contributed by atoms with Gasteiger partial charge in [-0.3, -0.25) is 0 Å². The van der Waals surface area contributed by atoms with E-state index in [1.807, 2.05) is 19.1 Å². The van der Waals surface area contributed by atoms with Crippen LogP contribution in [0.15, 0.2) is 60.0 Å². The smallest absolute Gasteiger partial charge is 0.161 e. The normalized spacial score (nSPS) is 10.7. The predicted octanol–water partition coefficient (Wildman–Crippen LogP) is 4.30. The molecule has 0 atom stereocenters. The van der Waals surface area contributed by atoms with Crippen molar-refractivity contribution in [2.24, 2.45) is 0 Å². The molecule has 0 saturated heterocycles. The Bertz CT molecular complexity index is 798. The van der Waals surface area contributed by atoms with Crippen LogP contribution in [0.1, 0.15) is 28.5 Å². The van der Waals surface area contributed by atoms with Gasteiger partial charge >= 0.3 is 0 Å². The van der Waals surface area contributed by atoms with Crippen LogP contribution >= 0.6 is 11.3 Å². The van der Waals surface area contributed by atoms with Gasteiger partial charge in [0.25, 0.3) is 0 Å². The van der Waals surface area contributed by atoms with Crippen LogP contribution in [0, 0.1) is 6.92 Å². The first-order valence-corrected chi connectivity index (χ1v) is 9.90. The molecule has 3 rings (SSSR count). The van der Waals surface area contributed by atoms with Gasteiger partial charge in [-0.2, -0.15) is 0 Å². The molecule has 3 aromatic rings. The van der Waals surface area contributed by atoms with E-state index >= 15 is 0 Å². The summed E-state index contributed by atoms with van der Waals surface area (Å²) in [5.41, 5.74) is 3.88. The lowest BCUT2D eigenvalue weighted by atomic mass is 10.1. The number of aryl methyl sites for hydroxylation is 1. The molecule has 0 amide bonds. The Morgan fingerprint density at radius 1 is 0.885 bits per heavy atom. The predicted molar refractivity (Wildman–Crippen MR) is 107 cm³/mol. The molecule has 2 N–H and O–H groups in total. The molecule has 0 aliphatic carbocycles. The van der Waals surface area contributed by atoms with E-state index in [1.165, 1.54) is 21.6 Å². The summed E-state index contributed by atoms with van der Waals surface area (Å²) in [6.07, 6.45) is 0. The highest BCUT2D eigenvalue weighted by Gasteiger charge is 2.08. The van der Waals surface area contributed by atoms with Crippen molar-refractivity contribution in [3.05, 3.63) is 81.5 Å². The summed E-state index contributed by atoms with van der Waals surface area (Å²) in [5.74, 6) is 1.63. The number of ether oxygens (including phenoxy) is 2. The molecule has 3 nitrogen and oxygen atoms in total. The quantitative estimate of drug-likeness (QED) is 0.611. The number of quaternary nitrogens is 1. The van der Waals surface area contributed by atoms with Gasteiger partial charge in [0, 0.05) is 16.0 Å². The Labute approximate surface area is 159 Å². The molecule has 0 spiro atoms. The number of hydrogen-bond acceptors (Lipinski definition) is 3. The zero-order valence-corrected chi connectivity index (χ0v) is 16.2. The van der Waals surface area contributed by atoms with Crippen molar-refractivity contribution >= 4 is 11.3 Å². The van der Waals surface area contributed by atoms with Crippen LogP contribution in [0.4, 0.5) is 0 Å². The Kier molecular flexibility index (Phi) is 6.69. The average molecular weight is 369 g/mol. The molecule has 2 aromatic carbocycles. The van der Waals surface area contributed by atoms with Gasteiger partial charge in [-0.1, -0.05) is 35.9 Å². The van der Waals surface area contributed by atoms with Crippen molar-refractivity contribution in [2.45, 2.75) is 33.5 Å². The third-order valence-electron chi connectivity index (χ3n) is 4.14. The van der Waals surface area contributed by atoms with Gasteiger partial charge in [-0.15, -0.1) is 11.3 Å². The van der Waals surface area contributed by atoms with Crippen molar-refractivity contribution in [1.82, 2.24) is 0 Å². The topological polar surface area (TPSA) is 35.1 Å². The zero-order chi connectivity index (χ0) is 18.2. The van der Waals surface area contributed by atoms with Crippen LogP contribution in [-0.2, 0) is 19.7 Å². The number of benzene rings is 2. The summed E-state index contributed by atoms with van der Waals surface area (Å²) < 4.78 is 11.7. The molecule has 4 heteroatoms. The fourth-order valence-corrected chi connectivity index (χ4v) is 3.36. The molecule has 0 radical (unpaired) electrons. The Morgan fingerprint density at radius 3 is 2.38 bits per heavy atom. The standard InChI is InChI=1S/C22H25NO2S/c1-3-24-22-13-19(15-23-14-18-8-6-17(2)7-9-18)10-11-21(22)25-16-20-5-4-12-26-20/h4-13,23H,3,14-16H2,1-2H3/p+1. The van der Waals surface area contributed by atoms with Crippen LogP contribution in [0.3, 0.4) is 0 Å². The van der Waals surface area contributed by atoms with Crippen LogP contribution in [0.25, 0.3) is 0 Å². The highest BCUT2D eigenvalue weighted by molar-refractivity contribution is 7.09. The maximum atomic E-state index is 5.95. The molecule has 0 aliphatic heterocycles. The summed E-state index contributed by atoms with van der Waals surface area (Å²) in [6.45, 7) is 7.21. The van der Waals surface area contributed by atoms with Gasteiger partial charge in [0.1, 0.15) is 19.7 Å². The van der Waals surface area contributed by atoms with Gasteiger partial charge in [0.05, 0.1) is 6.61 Å². The molecule has 0 saturated carbocycles. The molecular formula is C22H26NO2S+. The Morgan fingerprint density at radius 2 is 1.65 bits per heavy atom. The lowest BCUT2D eigenvalue weighted by molar-refractivity contribution is -0.686. The van der Waals surface area contributed by atoms with Crippen LogP contribution in [0.5, 0.6) is 11.5 Å². The third kappa shape index (κ3) is 5.35. The number of nitrogens with two attached hydrogens (primary N) is 1. The molecule has 26 heavy (non-hydrogen) atoms. The minimum atomic E-state index is 0.580. The second-order valence-corrected chi connectivity index (χ2v) is 7.30. The fraction of sp³-hybridized carbons (Fsp3) is 0.273. The fourth-order valence-electron chi connectivity index (χ4n) is 2.74. The summed E-state index contributed by atoms with van der Waals surface area (Å²) in [7, 11) is 0. The summed E-state index contributed by atoms with van der Waals surface area (Å²) >= 11 is 1.70. The minimum absolute atomic E-state index is 0.580. The van der Waals surface area contributed by atoms with E-state index < -0.39 is 0 Å². The first-order valence-electron chi connectivity index (χ1n) is 9.02. The largest absolute Gasteiger partial charge is 0.490 e. The maximum absolute atomic E-state index is 5.95. The van der Waals surface area contributed by atoms with Crippen molar-refractivity contribution < 1.29 is 14.8 Å². The van der Waals surface area contributed by atoms with Crippen LogP contribution in [-0.4, -0.2) is 6.61 Å². The first-order chi connectivity index (χ1) is 12.7. The highest BCUT2D eigenvalue weighted by atomic mass is 32.1. The number of hydrogen-bond donors (Lipinski definition) is 1. The van der Waals surface area contributed by atoms with Gasteiger partial charge in [0.2, 0.25) is 0 Å². The SMILES string of the molecule is CCOc1cc(C[NH2+]Cc2ccc(C)cc2)ccc1OCc1cccs1. The van der Waals surface area contributed by atoms with E-state index in [1.54, 1.807) is 11.3 Å². The van der Waals surface area contributed by atoms with Gasteiger partial charge in [0.15, 0.2) is 11.5 Å². The molecular weight excluding hydrogens is 342 g/mol. The molecule has 1 aromatic heterocycles. The monoisotopic (exact) mass is 368 g/mol. The molecule has 0 aliphatic rings. The van der Waals surface area contributed by atoms with E-state index in [4.69, 9.17) is 9.47 Å². The summed E-state index contributed by atoms with van der Waals surface area (Å²) in [6, 6.07) is 19.1. The van der Waals surface area contributed by atoms with Gasteiger partial charge < -0.3 is 14.8 Å². The third-order valence-corrected chi connectivity index (χ3v) is 4.99. The zero-order valence-electron chi connectivity index (χ0n) is 15.4. The molecule has 0 fully saturated rings. The van der Waals surface area contributed by atoms with Crippen molar-refractivity contribution in [3.8, 4) is 11.5 Å². The van der Waals surface area contributed by atoms with Crippen LogP contribution in [0.2, 0.25) is 0 Å². The van der Waals surface area contributed by atoms with Crippen LogP contribution < -0.4 is 14.8 Å². The lowest BCUT2D eigenvalue weighted by Crippen LogP contribution is -2.80. The van der Waals surface area contributed by atoms with Crippen molar-refractivity contribution in [3.63, 3.8) is 0 Å². The summed E-state index contributed by atoms with van der Waals surface area (Å²) in [4.78, 5) is 1.21. The van der Waals surface area contributed by atoms with Gasteiger partial charge in [-0.25, -0.2) is 0 Å². The first kappa shape index (κ1) is 18.5. The molecule has 0 unspecified atom stereocenters. The van der Waals surface area contributed by atoms with E-state index in [0.717, 1.165) is 24.6 Å². The van der Waals surface area contributed by atoms with E-state index in [0.29, 0.717) is 13.2 Å². The van der Waals surface area contributed by atoms with E-state index in [2.05, 4.69) is 60.1 Å². The van der Waals surface area contributed by atoms with Gasteiger partial charge in [-0.05, 0) is 43.5 Å². The minimum Gasteiger partial charge on any atom is -0.490 e. The second-order valence-electron chi connectivity index (χ2n) is 6.26. The average Bonchev–Trinajstić information content (AvgIpc) is 3.16. The maximum Gasteiger partial charge on any atom is 0.161 e. The van der Waals surface area contributed by atoms with E-state index in [-0.39, 0.29) is 0 Å². The van der Waals surface area contributed by atoms with Crippen molar-refractivity contribution in [1.29, 1.82) is 0 Å². The Balaban J connectivity index is 1.58. The van der Waals surface area contributed by atoms with E-state index in [9.17, 15) is 0 Å². The number of rotatable bonds is 9. The molecule has 1 heterocycles. The Hall–Kier alpha value is -2.30. The lowest BCUT2D eigenvalue weighted by Gasteiger charge is -2.13. The molecule has 0 bridgehead atoms. The number of thiophene rings is 1. The second kappa shape index (κ2) is 9.41. The molecule has 136 valence electrons. The van der Waals surface area contributed by atoms with Crippen molar-refractivity contribution in [2.75, 3.05) is 6.61 Å².